The first-order valence-corrected chi connectivity index (χ1v) is 28.5. The molecule has 0 saturated carbocycles. The van der Waals surface area contributed by atoms with E-state index in [9.17, 15) is 40.5 Å². The zero-order chi connectivity index (χ0) is 53.0. The average molecular weight is 1040 g/mol. The van der Waals surface area contributed by atoms with E-state index in [-0.39, 0.29) is 19.6 Å². The Morgan fingerprint density at radius 3 is 1.37 bits per heavy atom. The maximum absolute atomic E-state index is 13.1. The molecule has 0 aromatic heterocycles. The Balaban J connectivity index is 1.75. The topological polar surface area (TPSA) is 214 Å². The van der Waals surface area contributed by atoms with Crippen molar-refractivity contribution >= 4 is 5.97 Å². The fourth-order valence-electron chi connectivity index (χ4n) is 8.64. The maximum atomic E-state index is 13.1. The summed E-state index contributed by atoms with van der Waals surface area (Å²) in [5.41, 5.74) is 0. The van der Waals surface area contributed by atoms with Gasteiger partial charge >= 0.3 is 5.97 Å². The van der Waals surface area contributed by atoms with E-state index in [1.54, 1.807) is 0 Å². The van der Waals surface area contributed by atoms with Crippen molar-refractivity contribution in [3.8, 4) is 0 Å². The van der Waals surface area contributed by atoms with E-state index in [1.165, 1.54) is 96.3 Å². The predicted octanol–water partition coefficient (Wildman–Crippen LogP) is 9.86. The lowest BCUT2D eigenvalue weighted by atomic mass is 9.98. The van der Waals surface area contributed by atoms with Crippen LogP contribution >= 0.6 is 0 Å². The van der Waals surface area contributed by atoms with Crippen LogP contribution in [0.25, 0.3) is 0 Å². The lowest BCUT2D eigenvalue weighted by Crippen LogP contribution is -2.61. The average Bonchev–Trinajstić information content (AvgIpc) is 3.39. The van der Waals surface area contributed by atoms with Crippen molar-refractivity contribution < 1.29 is 69.0 Å². The molecule has 14 nitrogen and oxygen atoms in total. The lowest BCUT2D eigenvalue weighted by Gasteiger charge is -2.42. The minimum absolute atomic E-state index is 0.0425. The van der Waals surface area contributed by atoms with E-state index in [0.717, 1.165) is 70.6 Å². The van der Waals surface area contributed by atoms with E-state index < -0.39 is 86.7 Å². The third-order valence-corrected chi connectivity index (χ3v) is 13.2. The van der Waals surface area contributed by atoms with Gasteiger partial charge in [-0.3, -0.25) is 4.79 Å². The largest absolute Gasteiger partial charge is 0.457 e. The van der Waals surface area contributed by atoms with Gasteiger partial charge in [-0.1, -0.05) is 196 Å². The fraction of sp³-hybridized carbons (Fsp3) is 0.780. The summed E-state index contributed by atoms with van der Waals surface area (Å²) in [6, 6.07) is 0. The van der Waals surface area contributed by atoms with E-state index in [0.29, 0.717) is 13.0 Å². The number of aliphatic hydroxyl groups is 7. The Hall–Kier alpha value is -2.57. The Kier molecular flexibility index (Phi) is 41.6. The standard InChI is InChI=1S/C59H102O14/c1-3-5-7-9-11-13-15-17-19-21-23-24-25-26-28-30-32-34-36-38-40-42-51(61)71-48(45-68-43-41-39-37-35-33-31-29-27-22-20-18-16-14-12-10-8-6-4-2)46-69-58-57(67)55(65)53(63)50(73-58)47-70-59-56(66)54(64)52(62)49(44-60)72-59/h5,7,11,13,17,19,23-24,26,28,32,34,48-50,52-60,62-67H,3-4,6,8-10,12,14-16,18,20-22,25,27,29-31,33,35-47H2,1-2H3/b7-5-,13-11-,19-17-,24-23-,28-26-,34-32-. The molecule has 73 heavy (non-hydrogen) atoms. The van der Waals surface area contributed by atoms with Gasteiger partial charge in [0.2, 0.25) is 0 Å². The van der Waals surface area contributed by atoms with Crippen LogP contribution in [-0.2, 0) is 33.2 Å². The molecule has 14 heteroatoms. The molecule has 0 amide bonds. The first kappa shape index (κ1) is 66.5. The molecule has 2 heterocycles. The molecule has 11 unspecified atom stereocenters. The SMILES string of the molecule is CC/C=C\C/C=C\C/C=C\C/C=C\C/C=C\C/C=C\CCCCC(=O)OC(COCCCCCCCCCCCCCCCCCCCC)COC1OC(COC2OC(CO)C(O)C(O)C2O)C(O)C(O)C1O. The van der Waals surface area contributed by atoms with Crippen LogP contribution in [0.1, 0.15) is 194 Å². The smallest absolute Gasteiger partial charge is 0.306 e. The number of aliphatic hydroxyl groups excluding tert-OH is 7. The predicted molar refractivity (Wildman–Crippen MR) is 289 cm³/mol. The van der Waals surface area contributed by atoms with E-state index in [2.05, 4.69) is 86.8 Å². The Labute approximate surface area is 440 Å². The van der Waals surface area contributed by atoms with Crippen LogP contribution in [0.2, 0.25) is 0 Å². The number of unbranched alkanes of at least 4 members (excludes halogenated alkanes) is 19. The molecule has 2 fully saturated rings. The molecular formula is C59H102O14. The van der Waals surface area contributed by atoms with Crippen LogP contribution in [0.5, 0.6) is 0 Å². The van der Waals surface area contributed by atoms with Gasteiger partial charge in [-0.2, -0.15) is 0 Å². The highest BCUT2D eigenvalue weighted by molar-refractivity contribution is 5.69. The molecule has 2 aliphatic heterocycles. The lowest BCUT2D eigenvalue weighted by molar-refractivity contribution is -0.332. The Morgan fingerprint density at radius 1 is 0.466 bits per heavy atom. The van der Waals surface area contributed by atoms with Crippen LogP contribution in [0.3, 0.4) is 0 Å². The van der Waals surface area contributed by atoms with Crippen LogP contribution in [-0.4, -0.2) is 142 Å². The molecule has 7 N–H and O–H groups in total. The van der Waals surface area contributed by atoms with Crippen molar-refractivity contribution in [2.24, 2.45) is 0 Å². The summed E-state index contributed by atoms with van der Waals surface area (Å²) in [4.78, 5) is 13.1. The second-order valence-electron chi connectivity index (χ2n) is 19.7. The molecule has 0 aliphatic carbocycles. The maximum Gasteiger partial charge on any atom is 0.306 e. The number of carbonyl (C=O) groups is 1. The molecule has 0 aromatic carbocycles. The van der Waals surface area contributed by atoms with Crippen molar-refractivity contribution in [1.82, 2.24) is 0 Å². The van der Waals surface area contributed by atoms with Crippen molar-refractivity contribution in [3.05, 3.63) is 72.9 Å². The number of carbonyl (C=O) groups excluding carboxylic acids is 1. The van der Waals surface area contributed by atoms with Gasteiger partial charge in [0.1, 0.15) is 54.9 Å². The number of hydrogen-bond acceptors (Lipinski definition) is 14. The summed E-state index contributed by atoms with van der Waals surface area (Å²) in [7, 11) is 0. The minimum Gasteiger partial charge on any atom is -0.457 e. The normalized spacial score (nSPS) is 25.5. The van der Waals surface area contributed by atoms with E-state index in [4.69, 9.17) is 28.4 Å². The van der Waals surface area contributed by atoms with Gasteiger partial charge in [-0.15, -0.1) is 0 Å². The highest BCUT2D eigenvalue weighted by atomic mass is 16.7. The second-order valence-corrected chi connectivity index (χ2v) is 19.7. The zero-order valence-electron chi connectivity index (χ0n) is 45.1. The van der Waals surface area contributed by atoms with Crippen LogP contribution in [0.15, 0.2) is 72.9 Å². The number of rotatable bonds is 45. The Bertz CT molecular complexity index is 1480. The fourth-order valence-corrected chi connectivity index (χ4v) is 8.64. The van der Waals surface area contributed by atoms with E-state index >= 15 is 0 Å². The molecule has 2 aliphatic rings. The third-order valence-electron chi connectivity index (χ3n) is 13.2. The Morgan fingerprint density at radius 2 is 0.890 bits per heavy atom. The molecule has 0 spiro atoms. The molecular weight excluding hydrogens is 933 g/mol. The van der Waals surface area contributed by atoms with Crippen LogP contribution in [0, 0.1) is 0 Å². The monoisotopic (exact) mass is 1030 g/mol. The molecule has 2 rings (SSSR count). The van der Waals surface area contributed by atoms with Gasteiger partial charge in [0.05, 0.1) is 26.4 Å². The highest BCUT2D eigenvalue weighted by Gasteiger charge is 2.47. The van der Waals surface area contributed by atoms with Crippen molar-refractivity contribution in [3.63, 3.8) is 0 Å². The quantitative estimate of drug-likeness (QED) is 0.0172. The van der Waals surface area contributed by atoms with Crippen LogP contribution in [0.4, 0.5) is 0 Å². The number of allylic oxidation sites excluding steroid dienone is 12. The third kappa shape index (κ3) is 32.6. The summed E-state index contributed by atoms with van der Waals surface area (Å²) in [6.45, 7) is 3.53. The first-order chi connectivity index (χ1) is 35.6. The minimum atomic E-state index is -1.72. The van der Waals surface area contributed by atoms with Gasteiger partial charge < -0.3 is 64.2 Å². The summed E-state index contributed by atoms with van der Waals surface area (Å²) in [5.74, 6) is -0.417. The van der Waals surface area contributed by atoms with E-state index in [1.807, 2.05) is 0 Å². The molecule has 0 radical (unpaired) electrons. The van der Waals surface area contributed by atoms with Gasteiger partial charge in [0.25, 0.3) is 0 Å². The zero-order valence-corrected chi connectivity index (χ0v) is 45.1. The number of hydrogen-bond donors (Lipinski definition) is 7. The second kappa shape index (κ2) is 45.6. The summed E-state index contributed by atoms with van der Waals surface area (Å²) in [5, 5.41) is 72.3. The number of ether oxygens (including phenoxy) is 6. The molecule has 11 atom stereocenters. The molecule has 422 valence electrons. The molecule has 2 saturated heterocycles. The highest BCUT2D eigenvalue weighted by Crippen LogP contribution is 2.26. The summed E-state index contributed by atoms with van der Waals surface area (Å²) in [6.07, 6.45) is 41.0. The van der Waals surface area contributed by atoms with Crippen molar-refractivity contribution in [2.45, 2.75) is 261 Å². The summed E-state index contributed by atoms with van der Waals surface area (Å²) >= 11 is 0. The number of esters is 1. The van der Waals surface area contributed by atoms with Gasteiger partial charge in [-0.05, 0) is 64.2 Å². The first-order valence-electron chi connectivity index (χ1n) is 28.5. The summed E-state index contributed by atoms with van der Waals surface area (Å²) < 4.78 is 34.3. The van der Waals surface area contributed by atoms with Gasteiger partial charge in [0, 0.05) is 13.0 Å². The van der Waals surface area contributed by atoms with Gasteiger partial charge in [0.15, 0.2) is 12.6 Å². The van der Waals surface area contributed by atoms with Gasteiger partial charge in [-0.25, -0.2) is 0 Å². The van der Waals surface area contributed by atoms with Crippen LogP contribution < -0.4 is 0 Å². The molecule has 0 aromatic rings. The molecule has 0 bridgehead atoms. The van der Waals surface area contributed by atoms with Crippen molar-refractivity contribution in [1.29, 1.82) is 0 Å². The van der Waals surface area contributed by atoms with Crippen molar-refractivity contribution in [2.75, 3.05) is 33.0 Å².